The van der Waals surface area contributed by atoms with Gasteiger partial charge in [-0.15, -0.1) is 0 Å². The molecule has 0 aromatic carbocycles. The molecule has 1 aromatic heterocycles. The van der Waals surface area contributed by atoms with E-state index in [0.717, 1.165) is 5.56 Å². The molecule has 1 aromatic rings. The Labute approximate surface area is 80.8 Å². The van der Waals surface area contributed by atoms with Gasteiger partial charge in [0.2, 0.25) is 0 Å². The van der Waals surface area contributed by atoms with Crippen molar-refractivity contribution in [1.82, 2.24) is 4.98 Å². The standard InChI is InChI=1S/C7H7N.CCl2O/c1-2-7-4-3-5-8-6-7;2-1(3)4/h2-6H,1H2;. The molecule has 0 fully saturated rings. The molecule has 12 heavy (non-hydrogen) atoms. The number of hydrogen-bond donors (Lipinski definition) is 0. The molecule has 1 rings (SSSR count). The molecular weight excluding hydrogens is 197 g/mol. The number of carbonyl (C=O) groups excluding carboxylic acids is 1. The lowest BCUT2D eigenvalue weighted by molar-refractivity contribution is 0.275. The maximum Gasteiger partial charge on any atom is 0.313 e. The van der Waals surface area contributed by atoms with Gasteiger partial charge in [0.15, 0.2) is 0 Å². The number of rotatable bonds is 1. The van der Waals surface area contributed by atoms with Crippen LogP contribution in [0.1, 0.15) is 5.56 Å². The van der Waals surface area contributed by atoms with Crippen LogP contribution in [0.3, 0.4) is 0 Å². The number of aromatic nitrogens is 1. The highest BCUT2D eigenvalue weighted by atomic mass is 35.5. The van der Waals surface area contributed by atoms with Gasteiger partial charge in [-0.3, -0.25) is 9.78 Å². The Bertz CT molecular complexity index is 244. The first-order valence-electron chi connectivity index (χ1n) is 3.04. The summed E-state index contributed by atoms with van der Waals surface area (Å²) < 4.78 is -0.889. The molecule has 4 heteroatoms. The average Bonchev–Trinajstić information content (AvgIpc) is 2.05. The van der Waals surface area contributed by atoms with Gasteiger partial charge in [-0.1, -0.05) is 18.7 Å². The normalized spacial score (nSPS) is 7.83. The molecule has 0 saturated carbocycles. The van der Waals surface area contributed by atoms with Crippen molar-refractivity contribution in [2.45, 2.75) is 0 Å². The SMILES string of the molecule is C=Cc1cccnc1.O=C(Cl)Cl. The molecule has 64 valence electrons. The van der Waals surface area contributed by atoms with Crippen LogP contribution in [0.4, 0.5) is 4.79 Å². The molecule has 0 radical (unpaired) electrons. The van der Waals surface area contributed by atoms with E-state index >= 15 is 0 Å². The van der Waals surface area contributed by atoms with Crippen molar-refractivity contribution in [2.75, 3.05) is 0 Å². The summed E-state index contributed by atoms with van der Waals surface area (Å²) in [5.74, 6) is 0. The molecular formula is C8H7Cl2NO. The quantitative estimate of drug-likeness (QED) is 0.656. The zero-order valence-corrected chi connectivity index (χ0v) is 7.72. The number of pyridine rings is 1. The molecule has 0 N–H and O–H groups in total. The van der Waals surface area contributed by atoms with Crippen molar-refractivity contribution < 1.29 is 4.79 Å². The van der Waals surface area contributed by atoms with Gasteiger partial charge in [-0.05, 0) is 34.8 Å². The molecule has 0 bridgehead atoms. The van der Waals surface area contributed by atoms with E-state index in [0.29, 0.717) is 0 Å². The minimum absolute atomic E-state index is 0.889. The molecule has 0 saturated heterocycles. The smallest absolute Gasteiger partial charge is 0.264 e. The van der Waals surface area contributed by atoms with Crippen LogP contribution in [0, 0.1) is 0 Å². The van der Waals surface area contributed by atoms with E-state index in [1.54, 1.807) is 18.5 Å². The highest BCUT2D eigenvalue weighted by Crippen LogP contribution is 1.94. The summed E-state index contributed by atoms with van der Waals surface area (Å²) in [5, 5.41) is 0. The molecule has 0 aliphatic carbocycles. The molecule has 0 aliphatic heterocycles. The lowest BCUT2D eigenvalue weighted by Gasteiger charge is -1.84. The van der Waals surface area contributed by atoms with E-state index in [4.69, 9.17) is 4.79 Å². The zero-order valence-electron chi connectivity index (χ0n) is 6.21. The van der Waals surface area contributed by atoms with Gasteiger partial charge in [0.05, 0.1) is 0 Å². The minimum Gasteiger partial charge on any atom is -0.264 e. The predicted octanol–water partition coefficient (Wildman–Crippen LogP) is 3.31. The van der Waals surface area contributed by atoms with Gasteiger partial charge >= 0.3 is 4.70 Å². The van der Waals surface area contributed by atoms with Gasteiger partial charge in [0.25, 0.3) is 0 Å². The summed E-state index contributed by atoms with van der Waals surface area (Å²) in [4.78, 5) is 12.9. The lowest BCUT2D eigenvalue weighted by atomic mass is 10.3. The van der Waals surface area contributed by atoms with E-state index in [1.807, 2.05) is 12.1 Å². The first-order chi connectivity index (χ1) is 5.66. The fraction of sp³-hybridized carbons (Fsp3) is 0. The topological polar surface area (TPSA) is 30.0 Å². The van der Waals surface area contributed by atoms with E-state index < -0.39 is 4.70 Å². The second-order valence-corrected chi connectivity index (χ2v) is 2.60. The highest BCUT2D eigenvalue weighted by Gasteiger charge is 1.77. The Morgan fingerprint density at radius 3 is 2.42 bits per heavy atom. The van der Waals surface area contributed by atoms with Gasteiger partial charge in [0.1, 0.15) is 0 Å². The lowest BCUT2D eigenvalue weighted by Crippen LogP contribution is -1.70. The van der Waals surface area contributed by atoms with Crippen molar-refractivity contribution in [3.8, 4) is 0 Å². The second-order valence-electron chi connectivity index (χ2n) is 1.72. The summed E-state index contributed by atoms with van der Waals surface area (Å²) in [6, 6.07) is 3.84. The third-order valence-corrected chi connectivity index (χ3v) is 0.920. The molecule has 0 atom stereocenters. The Morgan fingerprint density at radius 2 is 2.17 bits per heavy atom. The largest absolute Gasteiger partial charge is 0.313 e. The van der Waals surface area contributed by atoms with E-state index in [-0.39, 0.29) is 0 Å². The van der Waals surface area contributed by atoms with E-state index in [9.17, 15) is 0 Å². The summed E-state index contributed by atoms with van der Waals surface area (Å²) in [5.41, 5.74) is 1.06. The highest BCUT2D eigenvalue weighted by molar-refractivity contribution is 6.93. The summed E-state index contributed by atoms with van der Waals surface area (Å²) in [6.07, 6.45) is 5.28. The fourth-order valence-corrected chi connectivity index (χ4v) is 0.497. The van der Waals surface area contributed by atoms with Crippen molar-refractivity contribution in [1.29, 1.82) is 0 Å². The maximum atomic E-state index is 8.98. The average molecular weight is 204 g/mol. The number of halogens is 2. The fourth-order valence-electron chi connectivity index (χ4n) is 0.497. The van der Waals surface area contributed by atoms with Crippen molar-refractivity contribution in [2.24, 2.45) is 0 Å². The van der Waals surface area contributed by atoms with Gasteiger partial charge < -0.3 is 0 Å². The van der Waals surface area contributed by atoms with Crippen LogP contribution in [-0.4, -0.2) is 9.69 Å². The maximum absolute atomic E-state index is 8.98. The first-order valence-corrected chi connectivity index (χ1v) is 3.80. The molecule has 2 nitrogen and oxygen atoms in total. The summed E-state index contributed by atoms with van der Waals surface area (Å²) in [7, 11) is 0. The van der Waals surface area contributed by atoms with Crippen LogP contribution >= 0.6 is 23.2 Å². The first kappa shape index (κ1) is 11.1. The van der Waals surface area contributed by atoms with Gasteiger partial charge in [-0.25, -0.2) is 0 Å². The zero-order chi connectivity index (χ0) is 9.40. The summed E-state index contributed by atoms with van der Waals surface area (Å²) in [6.45, 7) is 3.59. The minimum atomic E-state index is -0.889. The Kier molecular flexibility index (Phi) is 6.34. The van der Waals surface area contributed by atoms with Crippen molar-refractivity contribution >= 4 is 34.0 Å². The van der Waals surface area contributed by atoms with E-state index in [2.05, 4.69) is 34.8 Å². The van der Waals surface area contributed by atoms with Crippen LogP contribution in [0.25, 0.3) is 6.08 Å². The molecule has 0 spiro atoms. The number of nitrogens with zero attached hydrogens (tertiary/aromatic N) is 1. The van der Waals surface area contributed by atoms with Crippen molar-refractivity contribution in [3.63, 3.8) is 0 Å². The Hall–Kier alpha value is -0.860. The molecule has 0 aliphatic rings. The predicted molar refractivity (Wildman–Crippen MR) is 51.4 cm³/mol. The third-order valence-electron chi connectivity index (χ3n) is 0.920. The van der Waals surface area contributed by atoms with Crippen molar-refractivity contribution in [3.05, 3.63) is 36.7 Å². The monoisotopic (exact) mass is 203 g/mol. The molecule has 0 unspecified atom stereocenters. The Balaban J connectivity index is 0.000000261. The number of carbonyl (C=O) groups is 1. The van der Waals surface area contributed by atoms with Crippen LogP contribution in [0.2, 0.25) is 0 Å². The van der Waals surface area contributed by atoms with E-state index in [1.165, 1.54) is 0 Å². The van der Waals surface area contributed by atoms with Crippen LogP contribution in [0.15, 0.2) is 31.1 Å². The van der Waals surface area contributed by atoms with Crippen LogP contribution < -0.4 is 0 Å². The van der Waals surface area contributed by atoms with Gasteiger partial charge in [0, 0.05) is 12.4 Å². The second kappa shape index (κ2) is 6.83. The Morgan fingerprint density at radius 1 is 1.58 bits per heavy atom. The number of hydrogen-bond acceptors (Lipinski definition) is 2. The third kappa shape index (κ3) is 7.25. The van der Waals surface area contributed by atoms with Gasteiger partial charge in [-0.2, -0.15) is 0 Å². The van der Waals surface area contributed by atoms with Crippen LogP contribution in [-0.2, 0) is 0 Å². The van der Waals surface area contributed by atoms with Crippen LogP contribution in [0.5, 0.6) is 0 Å². The molecule has 0 amide bonds. The molecule has 1 heterocycles. The summed E-state index contributed by atoms with van der Waals surface area (Å²) >= 11 is 8.80.